The Bertz CT molecular complexity index is 1270. The Kier molecular flexibility index (Phi) is 5.68. The molecule has 4 aromatic rings. The van der Waals surface area contributed by atoms with Crippen LogP contribution in [0.5, 0.6) is 0 Å². The van der Waals surface area contributed by atoms with E-state index in [4.69, 9.17) is 0 Å². The van der Waals surface area contributed by atoms with E-state index in [0.29, 0.717) is 5.56 Å². The molecule has 162 valence electrons. The van der Waals surface area contributed by atoms with Crippen LogP contribution in [0.4, 0.5) is 11.4 Å². The SMILES string of the molecule is Cc1cccc(C(=O)Nc2cc(-c3csc4ccccc34)ccc2N2CCN(C)CC2)c1. The van der Waals surface area contributed by atoms with Crippen LogP contribution in [0.2, 0.25) is 0 Å². The predicted molar refractivity (Wildman–Crippen MR) is 136 cm³/mol. The number of aryl methyl sites for hydroxylation is 1. The maximum Gasteiger partial charge on any atom is 0.255 e. The van der Waals surface area contributed by atoms with Crippen LogP contribution in [-0.4, -0.2) is 44.0 Å². The summed E-state index contributed by atoms with van der Waals surface area (Å²) in [7, 11) is 2.16. The Morgan fingerprint density at radius 2 is 1.75 bits per heavy atom. The zero-order valence-corrected chi connectivity index (χ0v) is 19.3. The number of hydrogen-bond donors (Lipinski definition) is 1. The van der Waals surface area contributed by atoms with Gasteiger partial charge in [0.05, 0.1) is 11.4 Å². The van der Waals surface area contributed by atoms with Crippen LogP contribution in [0.25, 0.3) is 21.2 Å². The number of anilines is 2. The standard InChI is InChI=1S/C27H27N3OS/c1-19-6-5-7-21(16-19)27(31)28-24-17-20(23-18-32-26-9-4-3-8-22(23)26)10-11-25(24)30-14-12-29(2)13-15-30/h3-11,16-18H,12-15H2,1-2H3,(H,28,31). The number of thiophene rings is 1. The summed E-state index contributed by atoms with van der Waals surface area (Å²) in [6.07, 6.45) is 0. The fourth-order valence-corrected chi connectivity index (χ4v) is 5.28. The second kappa shape index (κ2) is 8.77. The third kappa shape index (κ3) is 4.14. The molecular formula is C27H27N3OS. The highest BCUT2D eigenvalue weighted by Crippen LogP contribution is 2.38. The van der Waals surface area contributed by atoms with Gasteiger partial charge in [0.25, 0.3) is 5.91 Å². The molecule has 1 saturated heterocycles. The Morgan fingerprint density at radius 1 is 0.938 bits per heavy atom. The monoisotopic (exact) mass is 441 g/mol. The molecule has 0 radical (unpaired) electrons. The van der Waals surface area contributed by atoms with Crippen LogP contribution in [0, 0.1) is 6.92 Å². The van der Waals surface area contributed by atoms with E-state index >= 15 is 0 Å². The molecule has 1 aromatic heterocycles. The first-order chi connectivity index (χ1) is 15.6. The second-order valence-electron chi connectivity index (χ2n) is 8.49. The molecule has 1 fully saturated rings. The minimum absolute atomic E-state index is 0.0728. The fourth-order valence-electron chi connectivity index (χ4n) is 4.31. The lowest BCUT2D eigenvalue weighted by Crippen LogP contribution is -2.44. The molecule has 32 heavy (non-hydrogen) atoms. The van der Waals surface area contributed by atoms with Crippen molar-refractivity contribution in [3.63, 3.8) is 0 Å². The van der Waals surface area contributed by atoms with Crippen LogP contribution in [0.15, 0.2) is 72.1 Å². The van der Waals surface area contributed by atoms with Crippen molar-refractivity contribution in [3.05, 3.63) is 83.2 Å². The molecule has 0 bridgehead atoms. The van der Waals surface area contributed by atoms with E-state index in [1.807, 2.05) is 31.2 Å². The quantitative estimate of drug-likeness (QED) is 0.429. The average Bonchev–Trinajstić information content (AvgIpc) is 3.24. The number of rotatable bonds is 4. The van der Waals surface area contributed by atoms with Gasteiger partial charge in [-0.2, -0.15) is 0 Å². The van der Waals surface area contributed by atoms with E-state index in [2.05, 4.69) is 70.0 Å². The lowest BCUT2D eigenvalue weighted by Gasteiger charge is -2.35. The molecule has 1 aliphatic rings. The topological polar surface area (TPSA) is 35.6 Å². The van der Waals surface area contributed by atoms with Crippen molar-refractivity contribution >= 4 is 38.7 Å². The smallest absolute Gasteiger partial charge is 0.255 e. The van der Waals surface area contributed by atoms with E-state index in [0.717, 1.165) is 48.7 Å². The van der Waals surface area contributed by atoms with E-state index in [1.165, 1.54) is 15.6 Å². The maximum absolute atomic E-state index is 13.1. The van der Waals surface area contributed by atoms with Crippen LogP contribution in [0.1, 0.15) is 15.9 Å². The number of benzene rings is 3. The van der Waals surface area contributed by atoms with E-state index < -0.39 is 0 Å². The van der Waals surface area contributed by atoms with Crippen LogP contribution in [0.3, 0.4) is 0 Å². The number of hydrogen-bond acceptors (Lipinski definition) is 4. The first-order valence-corrected chi connectivity index (χ1v) is 11.9. The Balaban J connectivity index is 1.54. The van der Waals surface area contributed by atoms with E-state index in [9.17, 15) is 4.79 Å². The first-order valence-electron chi connectivity index (χ1n) is 11.0. The van der Waals surface area contributed by atoms with Gasteiger partial charge in [0.1, 0.15) is 0 Å². The number of nitrogens with zero attached hydrogens (tertiary/aromatic N) is 2. The lowest BCUT2D eigenvalue weighted by atomic mass is 10.0. The second-order valence-corrected chi connectivity index (χ2v) is 9.40. The number of carbonyl (C=O) groups is 1. The summed E-state index contributed by atoms with van der Waals surface area (Å²) in [5, 5.41) is 6.68. The van der Waals surface area contributed by atoms with Crippen LogP contribution in [-0.2, 0) is 0 Å². The highest BCUT2D eigenvalue weighted by atomic mass is 32.1. The fraction of sp³-hybridized carbons (Fsp3) is 0.222. The summed E-state index contributed by atoms with van der Waals surface area (Å²) in [4.78, 5) is 17.8. The molecule has 1 amide bonds. The summed E-state index contributed by atoms with van der Waals surface area (Å²) in [6.45, 7) is 5.94. The largest absolute Gasteiger partial charge is 0.367 e. The minimum Gasteiger partial charge on any atom is -0.367 e. The van der Waals surface area contributed by atoms with Crippen molar-refractivity contribution in [1.82, 2.24) is 4.90 Å². The molecule has 0 unspecified atom stereocenters. The summed E-state index contributed by atoms with van der Waals surface area (Å²) >= 11 is 1.76. The molecule has 2 heterocycles. The highest BCUT2D eigenvalue weighted by molar-refractivity contribution is 7.17. The number of likely N-dealkylation sites (N-methyl/N-ethyl adjacent to an activating group) is 1. The molecule has 5 heteroatoms. The van der Waals surface area contributed by atoms with Crippen LogP contribution < -0.4 is 10.2 Å². The Morgan fingerprint density at radius 3 is 2.56 bits per heavy atom. The molecule has 4 nitrogen and oxygen atoms in total. The Labute approximate surface area is 193 Å². The molecular weight excluding hydrogens is 414 g/mol. The van der Waals surface area contributed by atoms with Gasteiger partial charge < -0.3 is 15.1 Å². The zero-order chi connectivity index (χ0) is 22.1. The summed E-state index contributed by atoms with van der Waals surface area (Å²) in [6, 6.07) is 22.7. The minimum atomic E-state index is -0.0728. The number of amides is 1. The van der Waals surface area contributed by atoms with Crippen molar-refractivity contribution in [1.29, 1.82) is 0 Å². The molecule has 1 N–H and O–H groups in total. The third-order valence-electron chi connectivity index (χ3n) is 6.16. The molecule has 0 saturated carbocycles. The van der Waals surface area contributed by atoms with Crippen molar-refractivity contribution in [3.8, 4) is 11.1 Å². The Hall–Kier alpha value is -3.15. The molecule has 5 rings (SSSR count). The van der Waals surface area contributed by atoms with Gasteiger partial charge in [0.15, 0.2) is 0 Å². The van der Waals surface area contributed by atoms with Crippen LogP contribution >= 0.6 is 11.3 Å². The van der Waals surface area contributed by atoms with Gasteiger partial charge in [-0.15, -0.1) is 11.3 Å². The van der Waals surface area contributed by atoms with E-state index in [1.54, 1.807) is 11.3 Å². The van der Waals surface area contributed by atoms with Gasteiger partial charge in [0.2, 0.25) is 0 Å². The number of nitrogens with one attached hydrogen (secondary N) is 1. The number of fused-ring (bicyclic) bond motifs is 1. The maximum atomic E-state index is 13.1. The summed E-state index contributed by atoms with van der Waals surface area (Å²) < 4.78 is 1.27. The van der Waals surface area contributed by atoms with Crippen molar-refractivity contribution < 1.29 is 4.79 Å². The third-order valence-corrected chi connectivity index (χ3v) is 7.12. The lowest BCUT2D eigenvalue weighted by molar-refractivity contribution is 0.102. The molecule has 0 aliphatic carbocycles. The van der Waals surface area contributed by atoms with E-state index in [-0.39, 0.29) is 5.91 Å². The van der Waals surface area contributed by atoms with Gasteiger partial charge >= 0.3 is 0 Å². The highest BCUT2D eigenvalue weighted by Gasteiger charge is 2.20. The van der Waals surface area contributed by atoms with Crippen molar-refractivity contribution in [2.45, 2.75) is 6.92 Å². The molecule has 3 aromatic carbocycles. The zero-order valence-electron chi connectivity index (χ0n) is 18.5. The van der Waals surface area contributed by atoms with Gasteiger partial charge in [0, 0.05) is 47.4 Å². The van der Waals surface area contributed by atoms with Crippen molar-refractivity contribution in [2.24, 2.45) is 0 Å². The molecule has 1 aliphatic heterocycles. The first kappa shape index (κ1) is 20.7. The molecule has 0 spiro atoms. The predicted octanol–water partition coefficient (Wildman–Crippen LogP) is 5.88. The summed E-state index contributed by atoms with van der Waals surface area (Å²) in [5.74, 6) is -0.0728. The van der Waals surface area contributed by atoms with Gasteiger partial charge in [-0.1, -0.05) is 42.0 Å². The normalized spacial score (nSPS) is 14.6. The number of piperazine rings is 1. The van der Waals surface area contributed by atoms with Crippen molar-refractivity contribution in [2.75, 3.05) is 43.4 Å². The number of carbonyl (C=O) groups excluding carboxylic acids is 1. The average molecular weight is 442 g/mol. The van der Waals surface area contributed by atoms with Gasteiger partial charge in [-0.25, -0.2) is 0 Å². The van der Waals surface area contributed by atoms with Gasteiger partial charge in [-0.3, -0.25) is 4.79 Å². The van der Waals surface area contributed by atoms with Gasteiger partial charge in [-0.05, 0) is 55.2 Å². The molecule has 0 atom stereocenters. The summed E-state index contributed by atoms with van der Waals surface area (Å²) in [5.41, 5.74) is 6.05.